The fourth-order valence-corrected chi connectivity index (χ4v) is 2.61. The van der Waals surface area contributed by atoms with Gasteiger partial charge in [0, 0.05) is 30.7 Å². The number of nitrogens with one attached hydrogen (secondary N) is 1. The summed E-state index contributed by atoms with van der Waals surface area (Å²) in [6, 6.07) is 7.82. The Bertz CT molecular complexity index is 823. The molecule has 0 saturated heterocycles. The molecule has 2 aromatic heterocycles. The number of benzene rings is 1. The number of hydrogen-bond acceptors (Lipinski definition) is 3. The lowest BCUT2D eigenvalue weighted by Crippen LogP contribution is -2.20. The molecule has 0 bridgehead atoms. The number of aromatic amines is 1. The molecular formula is C15H12N4O. The first-order valence-corrected chi connectivity index (χ1v) is 6.42. The van der Waals surface area contributed by atoms with Crippen LogP contribution in [0.3, 0.4) is 0 Å². The quantitative estimate of drug-likeness (QED) is 0.732. The second-order valence-electron chi connectivity index (χ2n) is 4.95. The van der Waals surface area contributed by atoms with Crippen LogP contribution in [0.25, 0.3) is 22.4 Å². The molecule has 5 nitrogen and oxygen atoms in total. The highest BCUT2D eigenvalue weighted by molar-refractivity contribution is 6.03. The lowest BCUT2D eigenvalue weighted by Gasteiger charge is -2.08. The number of imidazole rings is 1. The van der Waals surface area contributed by atoms with Gasteiger partial charge in [0.05, 0.1) is 17.5 Å². The molecule has 1 amide bonds. The van der Waals surface area contributed by atoms with Gasteiger partial charge in [0.25, 0.3) is 0 Å². The number of hydrogen-bond donors (Lipinski definition) is 1. The van der Waals surface area contributed by atoms with E-state index in [4.69, 9.17) is 0 Å². The largest absolute Gasteiger partial charge is 0.338 e. The van der Waals surface area contributed by atoms with Crippen molar-refractivity contribution in [2.24, 2.45) is 0 Å². The first-order chi connectivity index (χ1) is 9.72. The summed E-state index contributed by atoms with van der Waals surface area (Å²) < 4.78 is 0. The molecule has 0 fully saturated rings. The van der Waals surface area contributed by atoms with Gasteiger partial charge >= 0.3 is 0 Å². The smallest absolute Gasteiger partial charge is 0.231 e. The zero-order chi connectivity index (χ0) is 13.7. The van der Waals surface area contributed by atoms with Crippen molar-refractivity contribution in [3.05, 3.63) is 42.2 Å². The van der Waals surface area contributed by atoms with Gasteiger partial charge in [-0.1, -0.05) is 0 Å². The van der Waals surface area contributed by atoms with Crippen molar-refractivity contribution in [1.82, 2.24) is 15.0 Å². The Morgan fingerprint density at radius 2 is 2.05 bits per heavy atom. The molecule has 1 aromatic carbocycles. The van der Waals surface area contributed by atoms with Crippen LogP contribution in [0.2, 0.25) is 0 Å². The van der Waals surface area contributed by atoms with Crippen molar-refractivity contribution in [3.8, 4) is 11.4 Å². The molecule has 98 valence electrons. The zero-order valence-electron chi connectivity index (χ0n) is 10.9. The molecule has 0 aliphatic carbocycles. The maximum Gasteiger partial charge on any atom is 0.231 e. The van der Waals surface area contributed by atoms with E-state index in [1.165, 1.54) is 0 Å². The van der Waals surface area contributed by atoms with Gasteiger partial charge < -0.3 is 9.88 Å². The van der Waals surface area contributed by atoms with Crippen LogP contribution in [0.15, 0.2) is 36.7 Å². The van der Waals surface area contributed by atoms with Crippen molar-refractivity contribution in [1.29, 1.82) is 0 Å². The molecular weight excluding hydrogens is 252 g/mol. The number of likely N-dealkylation sites (N-methyl/N-ethyl adjacent to an activating group) is 1. The number of pyridine rings is 1. The topological polar surface area (TPSA) is 61.9 Å². The maximum atomic E-state index is 11.7. The van der Waals surface area contributed by atoms with Crippen LogP contribution >= 0.6 is 0 Å². The van der Waals surface area contributed by atoms with E-state index in [2.05, 4.69) is 15.0 Å². The molecule has 0 atom stereocenters. The first-order valence-electron chi connectivity index (χ1n) is 6.42. The summed E-state index contributed by atoms with van der Waals surface area (Å²) in [5.74, 6) is 0.946. The highest BCUT2D eigenvalue weighted by atomic mass is 16.2. The lowest BCUT2D eigenvalue weighted by atomic mass is 10.1. The molecule has 0 saturated carbocycles. The predicted octanol–water partition coefficient (Wildman–Crippen LogP) is 2.14. The summed E-state index contributed by atoms with van der Waals surface area (Å²) in [4.78, 5) is 25.3. The molecule has 3 aromatic rings. The van der Waals surface area contributed by atoms with E-state index in [0.717, 1.165) is 33.7 Å². The van der Waals surface area contributed by atoms with Gasteiger partial charge in [0.2, 0.25) is 5.91 Å². The van der Waals surface area contributed by atoms with Crippen molar-refractivity contribution >= 4 is 22.6 Å². The van der Waals surface area contributed by atoms with E-state index in [-0.39, 0.29) is 5.91 Å². The second kappa shape index (κ2) is 3.90. The Labute approximate surface area is 115 Å². The third kappa shape index (κ3) is 1.53. The van der Waals surface area contributed by atoms with Gasteiger partial charge in [-0.15, -0.1) is 0 Å². The molecule has 0 spiro atoms. The average molecular weight is 264 g/mol. The molecule has 1 N–H and O–H groups in total. The van der Waals surface area contributed by atoms with Crippen LogP contribution in [0.1, 0.15) is 5.56 Å². The number of anilines is 1. The Kier molecular flexibility index (Phi) is 2.18. The van der Waals surface area contributed by atoms with E-state index in [0.29, 0.717) is 6.42 Å². The summed E-state index contributed by atoms with van der Waals surface area (Å²) in [6.07, 6.45) is 3.95. The fraction of sp³-hybridized carbons (Fsp3) is 0.133. The van der Waals surface area contributed by atoms with Crippen LogP contribution in [-0.4, -0.2) is 27.9 Å². The van der Waals surface area contributed by atoms with Gasteiger partial charge in [-0.3, -0.25) is 9.78 Å². The SMILES string of the molecule is CN1C(=O)Cc2cc3[nH]c(-c4ccncc4)nc3cc21. The van der Waals surface area contributed by atoms with Crippen molar-refractivity contribution < 1.29 is 4.79 Å². The van der Waals surface area contributed by atoms with E-state index in [1.807, 2.05) is 24.3 Å². The molecule has 4 rings (SSSR count). The summed E-state index contributed by atoms with van der Waals surface area (Å²) in [7, 11) is 1.80. The second-order valence-corrected chi connectivity index (χ2v) is 4.95. The van der Waals surface area contributed by atoms with Crippen LogP contribution < -0.4 is 4.90 Å². The Hall–Kier alpha value is -2.69. The Morgan fingerprint density at radius 3 is 2.85 bits per heavy atom. The first kappa shape index (κ1) is 11.2. The number of amides is 1. The summed E-state index contributed by atoms with van der Waals surface area (Å²) in [6.45, 7) is 0. The number of nitrogens with zero attached hydrogens (tertiary/aromatic N) is 3. The molecule has 3 heterocycles. The van der Waals surface area contributed by atoms with Crippen LogP contribution in [0.4, 0.5) is 5.69 Å². The third-order valence-electron chi connectivity index (χ3n) is 3.71. The zero-order valence-corrected chi connectivity index (χ0v) is 10.9. The van der Waals surface area contributed by atoms with E-state index in [9.17, 15) is 4.79 Å². The van der Waals surface area contributed by atoms with Gasteiger partial charge in [-0.2, -0.15) is 0 Å². The summed E-state index contributed by atoms with van der Waals surface area (Å²) in [5, 5.41) is 0. The average Bonchev–Trinajstić information content (AvgIpc) is 3.00. The highest BCUT2D eigenvalue weighted by Crippen LogP contribution is 2.32. The van der Waals surface area contributed by atoms with Crippen molar-refractivity contribution in [3.63, 3.8) is 0 Å². The number of aromatic nitrogens is 3. The molecule has 0 radical (unpaired) electrons. The van der Waals surface area contributed by atoms with E-state index >= 15 is 0 Å². The minimum atomic E-state index is 0.127. The summed E-state index contributed by atoms with van der Waals surface area (Å²) >= 11 is 0. The van der Waals surface area contributed by atoms with Crippen LogP contribution in [0, 0.1) is 0 Å². The number of H-pyrrole nitrogens is 1. The molecule has 0 unspecified atom stereocenters. The summed E-state index contributed by atoms with van der Waals surface area (Å²) in [5.41, 5.74) is 4.83. The standard InChI is InChI=1S/C15H12N4O/c1-19-13-8-12-11(6-10(13)7-14(19)20)17-15(18-12)9-2-4-16-5-3-9/h2-6,8H,7H2,1H3,(H,17,18). The van der Waals surface area contributed by atoms with E-state index < -0.39 is 0 Å². The maximum absolute atomic E-state index is 11.7. The van der Waals surface area contributed by atoms with Crippen molar-refractivity contribution in [2.45, 2.75) is 6.42 Å². The number of carbonyl (C=O) groups excluding carboxylic acids is 1. The number of rotatable bonds is 1. The van der Waals surface area contributed by atoms with Gasteiger partial charge in [0.1, 0.15) is 5.82 Å². The normalized spacial score (nSPS) is 14.1. The highest BCUT2D eigenvalue weighted by Gasteiger charge is 2.25. The molecule has 20 heavy (non-hydrogen) atoms. The Morgan fingerprint density at radius 1 is 1.25 bits per heavy atom. The van der Waals surface area contributed by atoms with E-state index in [1.54, 1.807) is 24.3 Å². The minimum absolute atomic E-state index is 0.127. The van der Waals surface area contributed by atoms with Gasteiger partial charge in [0.15, 0.2) is 0 Å². The number of fused-ring (bicyclic) bond motifs is 2. The fourth-order valence-electron chi connectivity index (χ4n) is 2.61. The van der Waals surface area contributed by atoms with Gasteiger partial charge in [-0.05, 0) is 29.8 Å². The molecule has 1 aliphatic heterocycles. The van der Waals surface area contributed by atoms with Crippen LogP contribution in [-0.2, 0) is 11.2 Å². The molecule has 1 aliphatic rings. The Balaban J connectivity index is 1.88. The van der Waals surface area contributed by atoms with Crippen molar-refractivity contribution in [2.75, 3.05) is 11.9 Å². The minimum Gasteiger partial charge on any atom is -0.338 e. The van der Waals surface area contributed by atoms with Gasteiger partial charge in [-0.25, -0.2) is 4.98 Å². The number of carbonyl (C=O) groups is 1. The lowest BCUT2D eigenvalue weighted by molar-refractivity contribution is -0.117. The third-order valence-corrected chi connectivity index (χ3v) is 3.71. The molecule has 5 heteroatoms. The monoisotopic (exact) mass is 264 g/mol. The predicted molar refractivity (Wildman–Crippen MR) is 76.4 cm³/mol. The van der Waals surface area contributed by atoms with Crippen LogP contribution in [0.5, 0.6) is 0 Å².